The third-order valence-corrected chi connectivity index (χ3v) is 4.08. The summed E-state index contributed by atoms with van der Waals surface area (Å²) in [5.74, 6) is 0.635. The van der Waals surface area contributed by atoms with Crippen LogP contribution >= 0.6 is 31.9 Å². The van der Waals surface area contributed by atoms with Crippen LogP contribution in [0.15, 0.2) is 49.0 Å². The first kappa shape index (κ1) is 14.8. The van der Waals surface area contributed by atoms with Gasteiger partial charge in [-0.15, -0.1) is 0 Å². The number of amides is 1. The molecule has 0 unspecified atom stereocenters. The van der Waals surface area contributed by atoms with Crippen molar-refractivity contribution in [3.8, 4) is 5.75 Å². The van der Waals surface area contributed by atoms with Crippen LogP contribution in [0.2, 0.25) is 0 Å². The molecular weight excluding hydrogens is 392 g/mol. The maximum atomic E-state index is 11.9. The Balaban J connectivity index is 2.05. The number of nitrogens with one attached hydrogen (secondary N) is 1. The van der Waals surface area contributed by atoms with Crippen molar-refractivity contribution in [2.45, 2.75) is 0 Å². The minimum atomic E-state index is -0.358. The molecule has 1 amide bonds. The topological polar surface area (TPSA) is 63.8 Å². The van der Waals surface area contributed by atoms with Crippen molar-refractivity contribution in [3.63, 3.8) is 0 Å². The number of furan rings is 1. The monoisotopic (exact) mass is 400 g/mol. The average molecular weight is 402 g/mol. The molecule has 20 heavy (non-hydrogen) atoms. The minimum absolute atomic E-state index is 0.358. The Morgan fingerprint density at radius 2 is 2.15 bits per heavy atom. The molecule has 1 aromatic carbocycles. The van der Waals surface area contributed by atoms with E-state index in [1.807, 2.05) is 0 Å². The lowest BCUT2D eigenvalue weighted by Crippen LogP contribution is -2.18. The summed E-state index contributed by atoms with van der Waals surface area (Å²) in [5.41, 5.74) is 2.82. The van der Waals surface area contributed by atoms with Gasteiger partial charge in [-0.05, 0) is 44.0 Å². The van der Waals surface area contributed by atoms with Gasteiger partial charge in [-0.1, -0.05) is 12.1 Å². The summed E-state index contributed by atoms with van der Waals surface area (Å²) < 4.78 is 11.7. The molecule has 0 saturated heterocycles. The van der Waals surface area contributed by atoms with Gasteiger partial charge >= 0.3 is 0 Å². The van der Waals surface area contributed by atoms with Crippen molar-refractivity contribution >= 4 is 44.0 Å². The summed E-state index contributed by atoms with van der Waals surface area (Å²) in [6.07, 6.45) is 1.41. The summed E-state index contributed by atoms with van der Waals surface area (Å²) in [6.45, 7) is 0. The van der Waals surface area contributed by atoms with Gasteiger partial charge in [0, 0.05) is 6.07 Å². The SMILES string of the molecule is COc1ccccc1C(=O)N/N=C\c1cc(Br)c(Br)o1. The molecule has 0 aliphatic heterocycles. The molecule has 5 nitrogen and oxygen atoms in total. The number of rotatable bonds is 4. The Morgan fingerprint density at radius 3 is 2.80 bits per heavy atom. The third kappa shape index (κ3) is 3.49. The van der Waals surface area contributed by atoms with E-state index in [4.69, 9.17) is 9.15 Å². The first-order valence-electron chi connectivity index (χ1n) is 5.53. The summed E-state index contributed by atoms with van der Waals surface area (Å²) in [4.78, 5) is 11.9. The fourth-order valence-electron chi connectivity index (χ4n) is 1.47. The van der Waals surface area contributed by atoms with Gasteiger partial charge in [0.25, 0.3) is 5.91 Å². The molecular formula is C13H10Br2N2O3. The van der Waals surface area contributed by atoms with Crippen molar-refractivity contribution in [1.29, 1.82) is 0 Å². The molecule has 0 aliphatic carbocycles. The first-order valence-corrected chi connectivity index (χ1v) is 7.11. The first-order chi connectivity index (χ1) is 9.61. The molecule has 2 rings (SSSR count). The van der Waals surface area contributed by atoms with Crippen LogP contribution in [0.1, 0.15) is 16.1 Å². The number of para-hydroxylation sites is 1. The van der Waals surface area contributed by atoms with Crippen LogP contribution < -0.4 is 10.2 Å². The summed E-state index contributed by atoms with van der Waals surface area (Å²) >= 11 is 6.50. The van der Waals surface area contributed by atoms with Gasteiger partial charge in [-0.2, -0.15) is 5.10 Å². The Bertz CT molecular complexity index is 633. The maximum Gasteiger partial charge on any atom is 0.275 e. The smallest absolute Gasteiger partial charge is 0.275 e. The number of ether oxygens (including phenoxy) is 1. The number of benzene rings is 1. The quantitative estimate of drug-likeness (QED) is 0.629. The molecule has 0 radical (unpaired) electrons. The molecule has 7 heteroatoms. The second-order valence-corrected chi connectivity index (χ2v) is 5.24. The fraction of sp³-hybridized carbons (Fsp3) is 0.0769. The number of hydrogen-bond acceptors (Lipinski definition) is 4. The fourth-order valence-corrected chi connectivity index (χ4v) is 2.08. The molecule has 1 N–H and O–H groups in total. The van der Waals surface area contributed by atoms with Gasteiger partial charge in [-0.3, -0.25) is 4.79 Å². The second-order valence-electron chi connectivity index (χ2n) is 3.67. The molecule has 0 saturated carbocycles. The minimum Gasteiger partial charge on any atom is -0.496 e. The molecule has 0 fully saturated rings. The van der Waals surface area contributed by atoms with Crippen molar-refractivity contribution in [2.75, 3.05) is 7.11 Å². The highest BCUT2D eigenvalue weighted by atomic mass is 79.9. The second kappa shape index (κ2) is 6.71. The predicted molar refractivity (Wildman–Crippen MR) is 82.2 cm³/mol. The summed E-state index contributed by atoms with van der Waals surface area (Å²) in [7, 11) is 1.51. The normalized spacial score (nSPS) is 10.8. The van der Waals surface area contributed by atoms with Gasteiger partial charge < -0.3 is 9.15 Å². The van der Waals surface area contributed by atoms with Gasteiger partial charge in [-0.25, -0.2) is 5.43 Å². The highest BCUT2D eigenvalue weighted by molar-refractivity contribution is 9.13. The number of nitrogens with zero attached hydrogens (tertiary/aromatic N) is 1. The molecule has 1 aromatic heterocycles. The number of halogens is 2. The summed E-state index contributed by atoms with van der Waals surface area (Å²) in [6, 6.07) is 8.63. The standard InChI is InChI=1S/C13H10Br2N2O3/c1-19-11-5-3-2-4-9(11)13(18)17-16-7-8-6-10(14)12(15)20-8/h2-7H,1H3,(H,17,18)/b16-7-. The zero-order valence-electron chi connectivity index (χ0n) is 10.4. The number of carbonyl (C=O) groups excluding carboxylic acids is 1. The van der Waals surface area contributed by atoms with Crippen LogP contribution in [0.25, 0.3) is 0 Å². The van der Waals surface area contributed by atoms with Crippen LogP contribution in [0.5, 0.6) is 5.75 Å². The number of methoxy groups -OCH3 is 1. The van der Waals surface area contributed by atoms with Crippen molar-refractivity contribution in [3.05, 3.63) is 50.8 Å². The Morgan fingerprint density at radius 1 is 1.40 bits per heavy atom. The zero-order chi connectivity index (χ0) is 14.5. The van der Waals surface area contributed by atoms with Gasteiger partial charge in [0.1, 0.15) is 11.5 Å². The molecule has 2 aromatic rings. The number of carbonyl (C=O) groups is 1. The lowest BCUT2D eigenvalue weighted by atomic mass is 10.2. The largest absolute Gasteiger partial charge is 0.496 e. The van der Waals surface area contributed by atoms with Gasteiger partial charge in [0.15, 0.2) is 4.67 Å². The average Bonchev–Trinajstić information content (AvgIpc) is 2.77. The van der Waals surface area contributed by atoms with E-state index in [-0.39, 0.29) is 5.91 Å². The van der Waals surface area contributed by atoms with E-state index < -0.39 is 0 Å². The van der Waals surface area contributed by atoms with E-state index in [0.29, 0.717) is 21.7 Å². The van der Waals surface area contributed by atoms with Crippen LogP contribution in [0.4, 0.5) is 0 Å². The molecule has 1 heterocycles. The lowest BCUT2D eigenvalue weighted by molar-refractivity contribution is 0.0952. The van der Waals surface area contributed by atoms with Crippen molar-refractivity contribution in [2.24, 2.45) is 5.10 Å². The van der Waals surface area contributed by atoms with Crippen molar-refractivity contribution < 1.29 is 13.9 Å². The predicted octanol–water partition coefficient (Wildman–Crippen LogP) is 3.58. The Kier molecular flexibility index (Phi) is 4.97. The number of hydrogen-bond donors (Lipinski definition) is 1. The van der Waals surface area contributed by atoms with Crippen molar-refractivity contribution in [1.82, 2.24) is 5.43 Å². The lowest BCUT2D eigenvalue weighted by Gasteiger charge is -2.05. The zero-order valence-corrected chi connectivity index (χ0v) is 13.6. The Labute approximate surface area is 132 Å². The van der Waals surface area contributed by atoms with E-state index in [2.05, 4.69) is 42.4 Å². The van der Waals surface area contributed by atoms with Crippen LogP contribution in [-0.4, -0.2) is 19.2 Å². The molecule has 0 atom stereocenters. The molecule has 0 aliphatic rings. The maximum absolute atomic E-state index is 11.9. The van der Waals surface area contributed by atoms with E-state index in [0.717, 1.165) is 4.47 Å². The van der Waals surface area contributed by atoms with Crippen LogP contribution in [0.3, 0.4) is 0 Å². The summed E-state index contributed by atoms with van der Waals surface area (Å²) in [5, 5.41) is 3.83. The highest BCUT2D eigenvalue weighted by Gasteiger charge is 2.10. The van der Waals surface area contributed by atoms with Crippen LogP contribution in [-0.2, 0) is 0 Å². The van der Waals surface area contributed by atoms with E-state index >= 15 is 0 Å². The van der Waals surface area contributed by atoms with Gasteiger partial charge in [0.2, 0.25) is 0 Å². The third-order valence-electron chi connectivity index (χ3n) is 2.37. The van der Waals surface area contributed by atoms with E-state index in [1.54, 1.807) is 30.3 Å². The van der Waals surface area contributed by atoms with Gasteiger partial charge in [0.05, 0.1) is 23.4 Å². The van der Waals surface area contributed by atoms with E-state index in [9.17, 15) is 4.79 Å². The van der Waals surface area contributed by atoms with Crippen LogP contribution in [0, 0.1) is 0 Å². The highest BCUT2D eigenvalue weighted by Crippen LogP contribution is 2.25. The Hall–Kier alpha value is -1.60. The molecule has 104 valence electrons. The number of hydrazone groups is 1. The molecule has 0 spiro atoms. The molecule has 0 bridgehead atoms. The van der Waals surface area contributed by atoms with E-state index in [1.165, 1.54) is 13.3 Å².